The summed E-state index contributed by atoms with van der Waals surface area (Å²) in [6.07, 6.45) is 5.87. The van der Waals surface area contributed by atoms with E-state index in [2.05, 4.69) is 44.7 Å². The maximum Gasteiger partial charge on any atom is 0.255 e. The van der Waals surface area contributed by atoms with Crippen molar-refractivity contribution in [3.8, 4) is 0 Å². The quantitative estimate of drug-likeness (QED) is 0.484. The first kappa shape index (κ1) is 18.3. The van der Waals surface area contributed by atoms with Gasteiger partial charge in [-0.2, -0.15) is 0 Å². The van der Waals surface area contributed by atoms with E-state index in [0.29, 0.717) is 5.56 Å². The Morgan fingerprint density at radius 1 is 1.03 bits per heavy atom. The molecule has 2 aromatic carbocycles. The van der Waals surface area contributed by atoms with Crippen molar-refractivity contribution in [2.24, 2.45) is 0 Å². The molecule has 4 aromatic rings. The van der Waals surface area contributed by atoms with E-state index in [1.165, 1.54) is 5.00 Å². The van der Waals surface area contributed by atoms with Gasteiger partial charge >= 0.3 is 0 Å². The van der Waals surface area contributed by atoms with E-state index >= 15 is 0 Å². The molecule has 0 aliphatic carbocycles. The van der Waals surface area contributed by atoms with E-state index in [9.17, 15) is 4.79 Å². The van der Waals surface area contributed by atoms with E-state index in [4.69, 9.17) is 0 Å². The van der Waals surface area contributed by atoms with Crippen molar-refractivity contribution >= 4 is 55.7 Å². The molecule has 1 amide bonds. The Kier molecular flexibility index (Phi) is 4.65. The summed E-state index contributed by atoms with van der Waals surface area (Å²) in [6, 6.07) is 16.8. The summed E-state index contributed by atoms with van der Waals surface area (Å²) >= 11 is 1.69. The van der Waals surface area contributed by atoms with E-state index in [-0.39, 0.29) is 5.91 Å². The fourth-order valence-electron chi connectivity index (χ4n) is 3.42. The third-order valence-electron chi connectivity index (χ3n) is 4.94. The molecule has 7 heteroatoms. The lowest BCUT2D eigenvalue weighted by atomic mass is 10.2. The molecule has 6 nitrogen and oxygen atoms in total. The number of hydrogen-bond acceptors (Lipinski definition) is 6. The lowest BCUT2D eigenvalue weighted by molar-refractivity contribution is 0.102. The molecule has 0 atom stereocenters. The fourth-order valence-corrected chi connectivity index (χ4v) is 4.57. The number of carbonyl (C=O) groups is 1. The Morgan fingerprint density at radius 3 is 2.60 bits per heavy atom. The molecule has 0 unspecified atom stereocenters. The average Bonchev–Trinajstić information content (AvgIpc) is 3.17. The Bertz CT molecular complexity index is 1250. The van der Waals surface area contributed by atoms with Gasteiger partial charge in [0.05, 0.1) is 10.2 Å². The van der Waals surface area contributed by atoms with Crippen LogP contribution >= 0.6 is 11.3 Å². The fraction of sp³-hybridized carbons (Fsp3) is 0.0870. The molecule has 1 aliphatic heterocycles. The van der Waals surface area contributed by atoms with Crippen molar-refractivity contribution < 1.29 is 4.79 Å². The maximum atomic E-state index is 12.3. The highest BCUT2D eigenvalue weighted by Crippen LogP contribution is 2.42. The smallest absolute Gasteiger partial charge is 0.255 e. The molecule has 0 radical (unpaired) electrons. The molecule has 2 N–H and O–H groups in total. The number of hydrogen-bond donors (Lipinski definition) is 2. The summed E-state index contributed by atoms with van der Waals surface area (Å²) in [4.78, 5) is 23.5. The van der Waals surface area contributed by atoms with Crippen LogP contribution in [0, 0.1) is 0 Å². The van der Waals surface area contributed by atoms with Gasteiger partial charge in [-0.1, -0.05) is 30.4 Å². The van der Waals surface area contributed by atoms with E-state index in [1.54, 1.807) is 29.8 Å². The average molecular weight is 414 g/mol. The van der Waals surface area contributed by atoms with Gasteiger partial charge in [-0.3, -0.25) is 4.79 Å². The van der Waals surface area contributed by atoms with Crippen LogP contribution in [0.4, 0.5) is 22.2 Å². The van der Waals surface area contributed by atoms with Crippen LogP contribution in [0.15, 0.2) is 67.0 Å². The predicted octanol–water partition coefficient (Wildman–Crippen LogP) is 5.15. The Morgan fingerprint density at radius 2 is 1.80 bits per heavy atom. The van der Waals surface area contributed by atoms with E-state index in [0.717, 1.165) is 39.5 Å². The van der Waals surface area contributed by atoms with Crippen LogP contribution < -0.4 is 15.5 Å². The zero-order chi connectivity index (χ0) is 20.5. The highest BCUT2D eigenvalue weighted by atomic mass is 32.1. The number of rotatable bonds is 4. The molecule has 148 valence electrons. The van der Waals surface area contributed by atoms with Gasteiger partial charge in [-0.25, -0.2) is 9.97 Å². The number of nitrogens with zero attached hydrogens (tertiary/aromatic N) is 3. The largest absolute Gasteiger partial charge is 0.362 e. The van der Waals surface area contributed by atoms with E-state index < -0.39 is 0 Å². The van der Waals surface area contributed by atoms with Crippen molar-refractivity contribution in [2.45, 2.75) is 0 Å². The molecule has 3 heterocycles. The minimum Gasteiger partial charge on any atom is -0.362 e. The molecule has 0 saturated heterocycles. The molecule has 0 bridgehead atoms. The molecule has 2 aromatic heterocycles. The second-order valence-corrected chi connectivity index (χ2v) is 8.03. The van der Waals surface area contributed by atoms with Crippen LogP contribution in [-0.4, -0.2) is 29.5 Å². The van der Waals surface area contributed by atoms with Crippen LogP contribution in [0.2, 0.25) is 0 Å². The first-order valence-corrected chi connectivity index (χ1v) is 10.4. The van der Waals surface area contributed by atoms with Crippen molar-refractivity contribution in [1.82, 2.24) is 9.97 Å². The SMILES string of the molecule is CN1CC=Cc2c1sc1c(Nc3ccc(NC(=O)c4ccccc4)cc3)ncnc21. The van der Waals surface area contributed by atoms with Crippen molar-refractivity contribution in [1.29, 1.82) is 0 Å². The summed E-state index contributed by atoms with van der Waals surface area (Å²) < 4.78 is 1.03. The molecule has 1 aliphatic rings. The zero-order valence-corrected chi connectivity index (χ0v) is 17.1. The van der Waals surface area contributed by atoms with Crippen LogP contribution in [0.5, 0.6) is 0 Å². The predicted molar refractivity (Wildman–Crippen MR) is 124 cm³/mol. The standard InChI is InChI=1S/C23H19N5OS/c1-28-13-5-8-18-19-20(30-23(18)28)21(25-14-24-19)26-16-9-11-17(12-10-16)27-22(29)15-6-3-2-4-7-15/h2-12,14H,13H2,1H3,(H,27,29)(H,24,25,26). The zero-order valence-electron chi connectivity index (χ0n) is 16.3. The summed E-state index contributed by atoms with van der Waals surface area (Å²) in [7, 11) is 2.08. The van der Waals surface area contributed by atoms with E-state index in [1.807, 2.05) is 42.5 Å². The monoisotopic (exact) mass is 413 g/mol. The van der Waals surface area contributed by atoms with Gasteiger partial charge in [-0.15, -0.1) is 11.3 Å². The second kappa shape index (κ2) is 7.61. The van der Waals surface area contributed by atoms with Gasteiger partial charge in [-0.05, 0) is 36.4 Å². The number of likely N-dealkylation sites (N-methyl/N-ethyl adjacent to an activating group) is 1. The number of amides is 1. The molecule has 0 spiro atoms. The number of nitrogens with one attached hydrogen (secondary N) is 2. The Balaban J connectivity index is 1.37. The van der Waals surface area contributed by atoms with Crippen LogP contribution in [0.3, 0.4) is 0 Å². The number of thiophene rings is 1. The molecule has 5 rings (SSSR count). The van der Waals surface area contributed by atoms with Gasteiger partial charge in [0.1, 0.15) is 11.3 Å². The van der Waals surface area contributed by atoms with Crippen LogP contribution in [0.25, 0.3) is 16.3 Å². The maximum absolute atomic E-state index is 12.3. The van der Waals surface area contributed by atoms with Gasteiger partial charge in [0.25, 0.3) is 5.91 Å². The summed E-state index contributed by atoms with van der Waals surface area (Å²) in [6.45, 7) is 0.895. The van der Waals surface area contributed by atoms with Crippen LogP contribution in [0.1, 0.15) is 15.9 Å². The topological polar surface area (TPSA) is 70.2 Å². The first-order valence-electron chi connectivity index (χ1n) is 9.58. The molecular formula is C23H19N5OS. The second-order valence-electron chi connectivity index (χ2n) is 7.03. The molecule has 0 fully saturated rings. The summed E-state index contributed by atoms with van der Waals surface area (Å²) in [5, 5.41) is 7.50. The number of aromatic nitrogens is 2. The lowest BCUT2D eigenvalue weighted by Crippen LogP contribution is -2.18. The minimum atomic E-state index is -0.129. The number of benzene rings is 2. The van der Waals surface area contributed by atoms with Crippen molar-refractivity contribution in [3.63, 3.8) is 0 Å². The highest BCUT2D eigenvalue weighted by molar-refractivity contribution is 7.23. The third-order valence-corrected chi connectivity index (χ3v) is 6.26. The molecular weight excluding hydrogens is 394 g/mol. The number of anilines is 4. The van der Waals surface area contributed by atoms with Crippen molar-refractivity contribution in [2.75, 3.05) is 29.1 Å². The highest BCUT2D eigenvalue weighted by Gasteiger charge is 2.19. The third kappa shape index (κ3) is 3.40. The summed E-state index contributed by atoms with van der Waals surface area (Å²) in [5.41, 5.74) is 4.36. The summed E-state index contributed by atoms with van der Waals surface area (Å²) in [5.74, 6) is 0.650. The molecule has 0 saturated carbocycles. The van der Waals surface area contributed by atoms with Gasteiger partial charge < -0.3 is 15.5 Å². The van der Waals surface area contributed by atoms with Gasteiger partial charge in [0.2, 0.25) is 0 Å². The lowest BCUT2D eigenvalue weighted by Gasteiger charge is -2.19. The van der Waals surface area contributed by atoms with Gasteiger partial charge in [0, 0.05) is 36.1 Å². The van der Waals surface area contributed by atoms with Crippen molar-refractivity contribution in [3.05, 3.63) is 78.1 Å². The Hall–Kier alpha value is -3.71. The van der Waals surface area contributed by atoms with Gasteiger partial charge in [0.15, 0.2) is 5.82 Å². The normalized spacial score (nSPS) is 12.6. The minimum absolute atomic E-state index is 0.129. The first-order chi connectivity index (χ1) is 14.7. The number of fused-ring (bicyclic) bond motifs is 3. The Labute approximate surface area is 177 Å². The molecule has 30 heavy (non-hydrogen) atoms. The van der Waals surface area contributed by atoms with Crippen LogP contribution in [-0.2, 0) is 0 Å². The number of carbonyl (C=O) groups excluding carboxylic acids is 1.